The number of carboxylic acids is 1. The predicted octanol–water partition coefficient (Wildman–Crippen LogP) is 0.580. The fraction of sp³-hybridized carbons (Fsp3) is 0.643. The molecule has 0 aromatic carbocycles. The Bertz CT molecular complexity index is 495. The van der Waals surface area contributed by atoms with Gasteiger partial charge in [-0.05, 0) is 27.9 Å². The number of aromatic carboxylic acids is 1. The summed E-state index contributed by atoms with van der Waals surface area (Å²) in [4.78, 5) is 24.5. The number of aromatic nitrogens is 2. The van der Waals surface area contributed by atoms with E-state index in [1.54, 1.807) is 13.8 Å². The number of carboxylic acid groups (broad SMARTS) is 1. The van der Waals surface area contributed by atoms with Gasteiger partial charge in [-0.2, -0.15) is 0 Å². The van der Waals surface area contributed by atoms with Crippen LogP contribution in [0.4, 0.5) is 0 Å². The number of hydrogen-bond donors (Lipinski definition) is 1. The molecule has 6 heteroatoms. The molecule has 0 aliphatic carbocycles. The Labute approximate surface area is 119 Å². The van der Waals surface area contributed by atoms with E-state index in [4.69, 9.17) is 5.11 Å². The van der Waals surface area contributed by atoms with Crippen LogP contribution >= 0.6 is 0 Å². The summed E-state index contributed by atoms with van der Waals surface area (Å²) in [6, 6.07) is 0.378. The van der Waals surface area contributed by atoms with Gasteiger partial charge in [-0.1, -0.05) is 0 Å². The van der Waals surface area contributed by atoms with Crippen LogP contribution in [0, 0.1) is 13.8 Å². The zero-order chi connectivity index (χ0) is 14.9. The molecule has 0 saturated carbocycles. The second-order valence-electron chi connectivity index (χ2n) is 5.59. The molecule has 2 heterocycles. The second kappa shape index (κ2) is 5.85. The van der Waals surface area contributed by atoms with Crippen molar-refractivity contribution in [1.29, 1.82) is 0 Å². The fourth-order valence-electron chi connectivity index (χ4n) is 2.72. The maximum atomic E-state index is 11.1. The van der Waals surface area contributed by atoms with Gasteiger partial charge in [0.25, 0.3) is 0 Å². The molecule has 1 saturated heterocycles. The van der Waals surface area contributed by atoms with E-state index in [9.17, 15) is 4.79 Å². The number of rotatable bonds is 3. The van der Waals surface area contributed by atoms with E-state index >= 15 is 0 Å². The van der Waals surface area contributed by atoms with Gasteiger partial charge < -0.3 is 14.9 Å². The van der Waals surface area contributed by atoms with Crippen LogP contribution in [0.2, 0.25) is 0 Å². The summed E-state index contributed by atoms with van der Waals surface area (Å²) in [5.41, 5.74) is 1.32. The molecule has 0 bridgehead atoms. The highest BCUT2D eigenvalue weighted by Gasteiger charge is 2.24. The molecule has 1 aromatic heterocycles. The number of hydrogen-bond acceptors (Lipinski definition) is 5. The Morgan fingerprint density at radius 3 is 2.40 bits per heavy atom. The monoisotopic (exact) mass is 278 g/mol. The average Bonchev–Trinajstić information content (AvgIpc) is 2.32. The molecule has 1 atom stereocenters. The molecule has 1 N–H and O–H groups in total. The minimum absolute atomic E-state index is 0.225. The number of nitrogens with zero attached hydrogens (tertiary/aromatic N) is 4. The van der Waals surface area contributed by atoms with Crippen LogP contribution in [0.15, 0.2) is 0 Å². The summed E-state index contributed by atoms with van der Waals surface area (Å²) in [5, 5.41) is 9.14. The molecule has 1 unspecified atom stereocenters. The van der Waals surface area contributed by atoms with Gasteiger partial charge in [0.05, 0.1) is 11.4 Å². The number of likely N-dealkylation sites (N-methyl/N-ethyl adjacent to an activating group) is 2. The molecule has 1 aromatic rings. The number of piperazine rings is 1. The summed E-state index contributed by atoms with van der Waals surface area (Å²) in [7, 11) is 4.23. The minimum Gasteiger partial charge on any atom is -0.478 e. The van der Waals surface area contributed by atoms with E-state index in [0.717, 1.165) is 31.9 Å². The third-order valence-electron chi connectivity index (χ3n) is 3.93. The van der Waals surface area contributed by atoms with E-state index in [0.29, 0.717) is 17.4 Å². The molecule has 0 amide bonds. The third-order valence-corrected chi connectivity index (χ3v) is 3.93. The van der Waals surface area contributed by atoms with Crippen LogP contribution in [0.3, 0.4) is 0 Å². The lowest BCUT2D eigenvalue weighted by Gasteiger charge is -2.37. The lowest BCUT2D eigenvalue weighted by atomic mass is 10.1. The molecular formula is C14H22N4O2. The lowest BCUT2D eigenvalue weighted by molar-refractivity contribution is 0.0694. The minimum atomic E-state index is -0.957. The third kappa shape index (κ3) is 3.13. The quantitative estimate of drug-likeness (QED) is 0.872. The largest absolute Gasteiger partial charge is 0.478 e. The van der Waals surface area contributed by atoms with Crippen LogP contribution in [0.25, 0.3) is 0 Å². The number of aryl methyl sites for hydroxylation is 2. The SMILES string of the molecule is Cc1nc(CC2CN(C)CCN2C)nc(C)c1C(=O)O. The van der Waals surface area contributed by atoms with Crippen molar-refractivity contribution < 1.29 is 9.90 Å². The Hall–Kier alpha value is -1.53. The highest BCUT2D eigenvalue weighted by atomic mass is 16.4. The highest BCUT2D eigenvalue weighted by Crippen LogP contribution is 2.14. The molecule has 2 rings (SSSR count). The van der Waals surface area contributed by atoms with Crippen molar-refractivity contribution in [2.45, 2.75) is 26.3 Å². The van der Waals surface area contributed by atoms with Gasteiger partial charge in [0, 0.05) is 32.1 Å². The summed E-state index contributed by atoms with van der Waals surface area (Å²) in [6.07, 6.45) is 0.752. The molecular weight excluding hydrogens is 256 g/mol. The van der Waals surface area contributed by atoms with Crippen molar-refractivity contribution >= 4 is 5.97 Å². The Morgan fingerprint density at radius 1 is 1.25 bits per heavy atom. The zero-order valence-electron chi connectivity index (χ0n) is 12.6. The first kappa shape index (κ1) is 14.9. The van der Waals surface area contributed by atoms with Gasteiger partial charge in [-0.15, -0.1) is 0 Å². The smallest absolute Gasteiger partial charge is 0.339 e. The topological polar surface area (TPSA) is 69.6 Å². The van der Waals surface area contributed by atoms with E-state index in [1.807, 2.05) is 0 Å². The van der Waals surface area contributed by atoms with Crippen molar-refractivity contribution in [3.05, 3.63) is 22.8 Å². The van der Waals surface area contributed by atoms with Crippen molar-refractivity contribution in [2.75, 3.05) is 33.7 Å². The van der Waals surface area contributed by atoms with Crippen LogP contribution in [-0.2, 0) is 6.42 Å². The Morgan fingerprint density at radius 2 is 1.85 bits per heavy atom. The molecule has 1 aliphatic rings. The molecule has 20 heavy (non-hydrogen) atoms. The normalized spacial score (nSPS) is 21.1. The van der Waals surface area contributed by atoms with Gasteiger partial charge in [0.1, 0.15) is 11.4 Å². The van der Waals surface area contributed by atoms with Gasteiger partial charge in [-0.3, -0.25) is 0 Å². The maximum absolute atomic E-state index is 11.1. The van der Waals surface area contributed by atoms with Crippen LogP contribution < -0.4 is 0 Å². The first-order valence-electron chi connectivity index (χ1n) is 6.84. The van der Waals surface area contributed by atoms with Crippen molar-refractivity contribution in [2.24, 2.45) is 0 Å². The Kier molecular flexibility index (Phi) is 4.35. The van der Waals surface area contributed by atoms with Crippen LogP contribution in [0.1, 0.15) is 27.6 Å². The molecule has 1 aliphatic heterocycles. The molecule has 6 nitrogen and oxygen atoms in total. The number of carbonyl (C=O) groups is 1. The van der Waals surface area contributed by atoms with Crippen molar-refractivity contribution in [1.82, 2.24) is 19.8 Å². The molecule has 0 radical (unpaired) electrons. The summed E-state index contributed by atoms with van der Waals surface area (Å²) >= 11 is 0. The van der Waals surface area contributed by atoms with Crippen LogP contribution in [-0.4, -0.2) is 70.6 Å². The highest BCUT2D eigenvalue weighted by molar-refractivity contribution is 5.89. The van der Waals surface area contributed by atoms with Gasteiger partial charge in [0.2, 0.25) is 0 Å². The van der Waals surface area contributed by atoms with Gasteiger partial charge in [0.15, 0.2) is 0 Å². The van der Waals surface area contributed by atoms with Gasteiger partial charge >= 0.3 is 5.97 Å². The average molecular weight is 278 g/mol. The van der Waals surface area contributed by atoms with Crippen molar-refractivity contribution in [3.63, 3.8) is 0 Å². The maximum Gasteiger partial charge on any atom is 0.339 e. The van der Waals surface area contributed by atoms with E-state index in [1.165, 1.54) is 0 Å². The van der Waals surface area contributed by atoms with Crippen LogP contribution in [0.5, 0.6) is 0 Å². The van der Waals surface area contributed by atoms with Gasteiger partial charge in [-0.25, -0.2) is 14.8 Å². The van der Waals surface area contributed by atoms with E-state index < -0.39 is 5.97 Å². The van der Waals surface area contributed by atoms with E-state index in [2.05, 4.69) is 33.9 Å². The van der Waals surface area contributed by atoms with E-state index in [-0.39, 0.29) is 5.56 Å². The predicted molar refractivity (Wildman–Crippen MR) is 76.1 cm³/mol. The molecule has 1 fully saturated rings. The first-order valence-corrected chi connectivity index (χ1v) is 6.84. The summed E-state index contributed by atoms with van der Waals surface area (Å²) in [6.45, 7) is 6.56. The zero-order valence-corrected chi connectivity index (χ0v) is 12.6. The lowest BCUT2D eigenvalue weighted by Crippen LogP contribution is -2.51. The molecule has 110 valence electrons. The first-order chi connectivity index (χ1) is 9.38. The molecule has 0 spiro atoms. The standard InChI is InChI=1S/C14H22N4O2/c1-9-13(14(19)20)10(2)16-12(15-9)7-11-8-17(3)5-6-18(11)4/h11H,5-8H2,1-4H3,(H,19,20). The second-order valence-corrected chi connectivity index (χ2v) is 5.59. The fourth-order valence-corrected chi connectivity index (χ4v) is 2.72. The van der Waals surface area contributed by atoms with Crippen molar-refractivity contribution in [3.8, 4) is 0 Å². The summed E-state index contributed by atoms with van der Waals surface area (Å²) in [5.74, 6) is -0.224. The summed E-state index contributed by atoms with van der Waals surface area (Å²) < 4.78 is 0. The Balaban J connectivity index is 2.19.